The van der Waals surface area contributed by atoms with E-state index in [0.29, 0.717) is 17.8 Å². The first kappa shape index (κ1) is 23.2. The van der Waals surface area contributed by atoms with Gasteiger partial charge in [0.1, 0.15) is 0 Å². The molecule has 10 heteroatoms. The van der Waals surface area contributed by atoms with E-state index in [4.69, 9.17) is 0 Å². The number of hydrogen-bond donors (Lipinski definition) is 1. The molecule has 1 aliphatic carbocycles. The average molecular weight is 497 g/mol. The van der Waals surface area contributed by atoms with E-state index in [2.05, 4.69) is 25.9 Å². The molecule has 1 aliphatic rings. The van der Waals surface area contributed by atoms with Crippen LogP contribution in [0.1, 0.15) is 55.2 Å². The number of nitrogens with one attached hydrogen (secondary N) is 1. The smallest absolute Gasteiger partial charge is 0.342 e. The van der Waals surface area contributed by atoms with E-state index >= 15 is 0 Å². The second-order valence-electron chi connectivity index (χ2n) is 8.76. The number of carbonyl (C=O) groups is 1. The normalized spacial score (nSPS) is 14.7. The van der Waals surface area contributed by atoms with Gasteiger partial charge >= 0.3 is 6.18 Å². The van der Waals surface area contributed by atoms with Crippen molar-refractivity contribution in [2.75, 3.05) is 0 Å². The zero-order valence-corrected chi connectivity index (χ0v) is 19.8. The van der Waals surface area contributed by atoms with Crippen LogP contribution in [-0.4, -0.2) is 21.4 Å². The van der Waals surface area contributed by atoms with Crippen LogP contribution in [0.3, 0.4) is 0 Å². The molecule has 1 amide bonds. The highest BCUT2D eigenvalue weighted by molar-refractivity contribution is 7.12. The molecule has 1 N–H and O–H groups in total. The molecule has 35 heavy (non-hydrogen) atoms. The molecule has 5 rings (SSSR count). The van der Waals surface area contributed by atoms with E-state index in [1.54, 1.807) is 0 Å². The van der Waals surface area contributed by atoms with E-state index in [-0.39, 0.29) is 5.91 Å². The van der Waals surface area contributed by atoms with Crippen LogP contribution in [0.4, 0.5) is 13.2 Å². The van der Waals surface area contributed by atoms with Crippen molar-refractivity contribution in [3.8, 4) is 11.4 Å². The molecule has 1 fully saturated rings. The van der Waals surface area contributed by atoms with Crippen molar-refractivity contribution in [1.29, 1.82) is 0 Å². The minimum Gasteiger partial charge on any atom is -0.342 e. The lowest BCUT2D eigenvalue weighted by Gasteiger charge is -2.19. The van der Waals surface area contributed by atoms with Gasteiger partial charge in [0.25, 0.3) is 5.91 Å². The van der Waals surface area contributed by atoms with Gasteiger partial charge in [0.15, 0.2) is 0 Å². The number of nitrogens with zero attached hydrogens (tertiary/aromatic N) is 4. The molecule has 2 aromatic carbocycles. The molecular weight excluding hydrogens is 475 g/mol. The lowest BCUT2D eigenvalue weighted by atomic mass is 9.97. The Morgan fingerprint density at radius 3 is 2.31 bits per heavy atom. The summed E-state index contributed by atoms with van der Waals surface area (Å²) in [5.74, 6) is 0.283. The van der Waals surface area contributed by atoms with Crippen LogP contribution in [0.15, 0.2) is 48.5 Å². The van der Waals surface area contributed by atoms with E-state index in [1.807, 2.05) is 38.1 Å². The number of thiophene rings is 1. The van der Waals surface area contributed by atoms with E-state index in [1.165, 1.54) is 23.5 Å². The van der Waals surface area contributed by atoms with Crippen LogP contribution in [0.5, 0.6) is 0 Å². The Kier molecular flexibility index (Phi) is 5.71. The molecule has 0 atom stereocenters. The van der Waals surface area contributed by atoms with Crippen molar-refractivity contribution in [2.45, 2.75) is 44.8 Å². The maximum Gasteiger partial charge on any atom is 0.416 e. The summed E-state index contributed by atoms with van der Waals surface area (Å²) in [5.41, 5.74) is 2.86. The second-order valence-corrected chi connectivity index (χ2v) is 10.2. The van der Waals surface area contributed by atoms with Crippen LogP contribution in [0.2, 0.25) is 0 Å². The maximum atomic E-state index is 13.5. The molecule has 0 bridgehead atoms. The quantitative estimate of drug-likeness (QED) is 0.397. The van der Waals surface area contributed by atoms with E-state index in [0.717, 1.165) is 57.0 Å². The summed E-state index contributed by atoms with van der Waals surface area (Å²) in [6.07, 6.45) is -2.34. The average Bonchev–Trinajstić information content (AvgIpc) is 3.26. The van der Waals surface area contributed by atoms with Gasteiger partial charge in [-0.05, 0) is 67.5 Å². The molecule has 180 valence electrons. The fraction of sp³-hybridized carbons (Fsp3) is 0.280. The maximum absolute atomic E-state index is 13.5. The van der Waals surface area contributed by atoms with Crippen LogP contribution < -0.4 is 10.4 Å². The van der Waals surface area contributed by atoms with E-state index in [9.17, 15) is 18.0 Å². The Morgan fingerprint density at radius 2 is 1.74 bits per heavy atom. The van der Waals surface area contributed by atoms with Crippen LogP contribution in [0.25, 0.3) is 11.4 Å². The van der Waals surface area contributed by atoms with Gasteiger partial charge in [0.05, 0.1) is 16.7 Å². The minimum absolute atomic E-state index is 0.164. The SMILES string of the molecule is Cc1sc(C)c(C(=O)NC2(c3ccc(-c4nnn[n-]4)cc3)CC2)c1Cc1ccc(C(F)(F)F)cc1. The number of alkyl halides is 3. The molecule has 2 heterocycles. The van der Waals surface area contributed by atoms with Gasteiger partial charge in [0, 0.05) is 15.6 Å². The summed E-state index contributed by atoms with van der Waals surface area (Å²) < 4.78 is 38.8. The zero-order valence-electron chi connectivity index (χ0n) is 19.0. The summed E-state index contributed by atoms with van der Waals surface area (Å²) in [4.78, 5) is 15.3. The number of halogens is 3. The highest BCUT2D eigenvalue weighted by atomic mass is 32.1. The number of aromatic nitrogens is 4. The van der Waals surface area contributed by atoms with Crippen LogP contribution >= 0.6 is 11.3 Å². The first-order valence-corrected chi connectivity index (χ1v) is 11.8. The van der Waals surface area contributed by atoms with Gasteiger partial charge in [-0.25, -0.2) is 0 Å². The van der Waals surface area contributed by atoms with Gasteiger partial charge < -0.3 is 10.4 Å². The fourth-order valence-corrected chi connectivity index (χ4v) is 5.42. The Bertz CT molecular complexity index is 1360. The summed E-state index contributed by atoms with van der Waals surface area (Å²) in [6.45, 7) is 3.84. The predicted octanol–water partition coefficient (Wildman–Crippen LogP) is 5.20. The molecule has 0 saturated heterocycles. The van der Waals surface area contributed by atoms with Crippen molar-refractivity contribution in [2.24, 2.45) is 0 Å². The number of tetrazole rings is 1. The Balaban J connectivity index is 1.36. The van der Waals surface area contributed by atoms with Gasteiger partial charge in [-0.3, -0.25) is 15.1 Å². The van der Waals surface area contributed by atoms with Crippen molar-refractivity contribution < 1.29 is 18.0 Å². The molecule has 0 aliphatic heterocycles. The third-order valence-electron chi connectivity index (χ3n) is 6.39. The van der Waals surface area contributed by atoms with Crippen molar-refractivity contribution in [3.63, 3.8) is 0 Å². The molecule has 1 saturated carbocycles. The third-order valence-corrected chi connectivity index (χ3v) is 7.45. The van der Waals surface area contributed by atoms with Gasteiger partial charge in [-0.1, -0.05) is 36.4 Å². The highest BCUT2D eigenvalue weighted by Gasteiger charge is 2.46. The minimum atomic E-state index is -4.38. The molecular formula is C25H21F3N5OS-. The molecule has 0 unspecified atom stereocenters. The Hall–Kier alpha value is -3.53. The Morgan fingerprint density at radius 1 is 1.06 bits per heavy atom. The monoisotopic (exact) mass is 496 g/mol. The first-order valence-electron chi connectivity index (χ1n) is 11.0. The molecule has 0 spiro atoms. The highest BCUT2D eigenvalue weighted by Crippen LogP contribution is 2.46. The van der Waals surface area contributed by atoms with Gasteiger partial charge in [0.2, 0.25) is 0 Å². The summed E-state index contributed by atoms with van der Waals surface area (Å²) in [6, 6.07) is 12.8. The number of aryl methyl sites for hydroxylation is 2. The summed E-state index contributed by atoms with van der Waals surface area (Å²) in [7, 11) is 0. The zero-order chi connectivity index (χ0) is 24.8. The van der Waals surface area contributed by atoms with Crippen LogP contribution in [-0.2, 0) is 18.1 Å². The van der Waals surface area contributed by atoms with Crippen molar-refractivity contribution in [1.82, 2.24) is 25.9 Å². The fourth-order valence-electron chi connectivity index (χ4n) is 4.35. The lowest BCUT2D eigenvalue weighted by Crippen LogP contribution is -2.35. The largest absolute Gasteiger partial charge is 0.416 e. The first-order chi connectivity index (χ1) is 16.7. The molecule has 4 aromatic rings. The summed E-state index contributed by atoms with van der Waals surface area (Å²) in [5, 5.41) is 17.9. The number of hydrogen-bond acceptors (Lipinski definition) is 5. The number of rotatable bonds is 6. The number of benzene rings is 2. The van der Waals surface area contributed by atoms with Crippen LogP contribution in [0, 0.1) is 13.8 Å². The third kappa shape index (κ3) is 4.58. The van der Waals surface area contributed by atoms with Crippen molar-refractivity contribution in [3.05, 3.63) is 86.1 Å². The second kappa shape index (κ2) is 8.60. The van der Waals surface area contributed by atoms with Crippen molar-refractivity contribution >= 4 is 17.2 Å². The Labute approximate surface area is 203 Å². The standard InChI is InChI=1S/C25H22F3N5OS/c1-14-20(13-16-3-7-19(8-4-16)25(26,27)28)21(15(2)35-14)23(34)29-24(11-12-24)18-9-5-17(6-10-18)22-30-32-33-31-22/h3-10H,11-13H2,1-2H3,(H2,29,30,31,32,33,34)/p-1. The predicted molar refractivity (Wildman–Crippen MR) is 125 cm³/mol. The number of amides is 1. The van der Waals surface area contributed by atoms with E-state index < -0.39 is 17.3 Å². The summed E-state index contributed by atoms with van der Waals surface area (Å²) >= 11 is 1.53. The number of carbonyl (C=O) groups excluding carboxylic acids is 1. The molecule has 0 radical (unpaired) electrons. The molecule has 6 nitrogen and oxygen atoms in total. The van der Waals surface area contributed by atoms with Gasteiger partial charge in [-0.15, -0.1) is 11.3 Å². The van der Waals surface area contributed by atoms with Gasteiger partial charge in [-0.2, -0.15) is 18.4 Å². The topological polar surface area (TPSA) is 81.9 Å². The molecule has 2 aromatic heterocycles. The lowest BCUT2D eigenvalue weighted by molar-refractivity contribution is -0.137.